The zero-order valence-electron chi connectivity index (χ0n) is 8.29. The Morgan fingerprint density at radius 1 is 1.11 bits per heavy atom. The second-order valence-electron chi connectivity index (χ2n) is 3.14. The summed E-state index contributed by atoms with van der Waals surface area (Å²) in [5.41, 5.74) is -2.32. The third kappa shape index (κ3) is 3.62. The summed E-state index contributed by atoms with van der Waals surface area (Å²) in [6, 6.07) is 2.39. The predicted molar refractivity (Wildman–Crippen MR) is 53.8 cm³/mol. The Morgan fingerprint density at radius 3 is 2.11 bits per heavy atom. The molecule has 0 aliphatic rings. The number of amides is 1. The number of benzene rings is 1. The second-order valence-corrected chi connectivity index (χ2v) is 4.06. The molecule has 0 unspecified atom stereocenters. The van der Waals surface area contributed by atoms with Gasteiger partial charge in [-0.05, 0) is 18.2 Å². The van der Waals surface area contributed by atoms with Gasteiger partial charge in [0.05, 0.1) is 11.3 Å². The first-order valence-electron chi connectivity index (χ1n) is 4.27. The highest BCUT2D eigenvalue weighted by Crippen LogP contribution is 2.37. The lowest BCUT2D eigenvalue weighted by molar-refractivity contribution is -0.167. The van der Waals surface area contributed by atoms with Crippen LogP contribution in [0.5, 0.6) is 0 Å². The SMILES string of the molecule is O=C(Nc1ccc(Br)cc1C(F)(F)F)C(F)(F)F. The molecule has 1 aromatic rings. The van der Waals surface area contributed by atoms with Crippen LogP contribution in [-0.2, 0) is 11.0 Å². The van der Waals surface area contributed by atoms with E-state index in [9.17, 15) is 31.1 Å². The summed E-state index contributed by atoms with van der Waals surface area (Å²) in [6.07, 6.45) is -10.1. The third-order valence-corrected chi connectivity index (χ3v) is 2.29. The van der Waals surface area contributed by atoms with E-state index in [0.717, 1.165) is 12.1 Å². The average Bonchev–Trinajstić information content (AvgIpc) is 2.17. The molecule has 0 spiro atoms. The Hall–Kier alpha value is -1.25. The Kier molecular flexibility index (Phi) is 3.94. The molecular formula is C9H4BrF6NO. The van der Waals surface area contributed by atoms with Crippen molar-refractivity contribution in [3.05, 3.63) is 28.2 Å². The molecule has 0 bridgehead atoms. The number of nitrogens with one attached hydrogen (secondary N) is 1. The molecule has 2 nitrogen and oxygen atoms in total. The van der Waals surface area contributed by atoms with Crippen molar-refractivity contribution in [2.24, 2.45) is 0 Å². The third-order valence-electron chi connectivity index (χ3n) is 1.79. The molecule has 0 aromatic heterocycles. The van der Waals surface area contributed by atoms with E-state index in [2.05, 4.69) is 15.9 Å². The van der Waals surface area contributed by atoms with Crippen molar-refractivity contribution in [3.63, 3.8) is 0 Å². The van der Waals surface area contributed by atoms with Gasteiger partial charge in [0.25, 0.3) is 0 Å². The van der Waals surface area contributed by atoms with Crippen molar-refractivity contribution in [1.82, 2.24) is 0 Å². The molecule has 0 aliphatic carbocycles. The largest absolute Gasteiger partial charge is 0.471 e. The molecule has 0 atom stereocenters. The van der Waals surface area contributed by atoms with E-state index in [1.807, 2.05) is 0 Å². The smallest absolute Gasteiger partial charge is 0.318 e. The molecule has 1 aromatic carbocycles. The first kappa shape index (κ1) is 14.8. The number of anilines is 1. The van der Waals surface area contributed by atoms with Gasteiger partial charge in [-0.1, -0.05) is 15.9 Å². The van der Waals surface area contributed by atoms with Gasteiger partial charge in [0.2, 0.25) is 0 Å². The minimum absolute atomic E-state index is 0.0276. The van der Waals surface area contributed by atoms with E-state index in [4.69, 9.17) is 0 Å². The summed E-state index contributed by atoms with van der Waals surface area (Å²) < 4.78 is 73.4. The van der Waals surface area contributed by atoms with Crippen molar-refractivity contribution in [2.75, 3.05) is 5.32 Å². The molecule has 100 valence electrons. The molecule has 1 N–H and O–H groups in total. The number of alkyl halides is 6. The van der Waals surface area contributed by atoms with Crippen molar-refractivity contribution in [3.8, 4) is 0 Å². The molecule has 0 saturated heterocycles. The first-order valence-corrected chi connectivity index (χ1v) is 5.06. The molecule has 0 aliphatic heterocycles. The average molecular weight is 336 g/mol. The zero-order chi connectivity index (χ0) is 14.1. The zero-order valence-corrected chi connectivity index (χ0v) is 9.87. The van der Waals surface area contributed by atoms with Crippen molar-refractivity contribution in [1.29, 1.82) is 0 Å². The molecule has 0 radical (unpaired) electrons. The Balaban J connectivity index is 3.14. The standard InChI is InChI=1S/C9H4BrF6NO/c10-4-1-2-6(5(3-4)8(11,12)13)17-7(18)9(14,15)16/h1-3H,(H,17,18). The van der Waals surface area contributed by atoms with Crippen molar-refractivity contribution < 1.29 is 31.1 Å². The van der Waals surface area contributed by atoms with Gasteiger partial charge >= 0.3 is 18.3 Å². The summed E-state index contributed by atoms with van der Waals surface area (Å²) in [5, 5.41) is 1.18. The number of hydrogen-bond donors (Lipinski definition) is 1. The quantitative estimate of drug-likeness (QED) is 0.773. The molecule has 0 heterocycles. The molecule has 1 amide bonds. The lowest BCUT2D eigenvalue weighted by Gasteiger charge is -2.14. The monoisotopic (exact) mass is 335 g/mol. The number of halogens is 7. The van der Waals surface area contributed by atoms with Gasteiger partial charge in [-0.15, -0.1) is 0 Å². The maximum atomic E-state index is 12.5. The molecular weight excluding hydrogens is 332 g/mol. The van der Waals surface area contributed by atoms with Crippen LogP contribution in [0.4, 0.5) is 32.0 Å². The number of carbonyl (C=O) groups excluding carboxylic acids is 1. The predicted octanol–water partition coefficient (Wildman–Crippen LogP) is 3.97. The topological polar surface area (TPSA) is 29.1 Å². The van der Waals surface area contributed by atoms with Gasteiger partial charge < -0.3 is 5.32 Å². The van der Waals surface area contributed by atoms with Gasteiger partial charge in [0.15, 0.2) is 0 Å². The first-order chi connectivity index (χ1) is 8.01. The summed E-state index contributed by atoms with van der Waals surface area (Å²) in [7, 11) is 0. The van der Waals surface area contributed by atoms with Crippen LogP contribution in [-0.4, -0.2) is 12.1 Å². The van der Waals surface area contributed by atoms with Crippen LogP contribution >= 0.6 is 15.9 Å². The normalized spacial score (nSPS) is 12.4. The fourth-order valence-electron chi connectivity index (χ4n) is 1.05. The van der Waals surface area contributed by atoms with Crippen LogP contribution in [0, 0.1) is 0 Å². The molecule has 9 heteroatoms. The van der Waals surface area contributed by atoms with Gasteiger partial charge in [0, 0.05) is 4.47 Å². The summed E-state index contributed by atoms with van der Waals surface area (Å²) in [4.78, 5) is 10.6. The maximum absolute atomic E-state index is 12.5. The Bertz CT molecular complexity index is 467. The number of hydrogen-bond acceptors (Lipinski definition) is 1. The molecule has 0 fully saturated rings. The van der Waals surface area contributed by atoms with E-state index in [-0.39, 0.29) is 4.47 Å². The van der Waals surface area contributed by atoms with Crippen molar-refractivity contribution >= 4 is 27.5 Å². The highest BCUT2D eigenvalue weighted by Gasteiger charge is 2.41. The Labute approximate surface area is 105 Å². The molecule has 18 heavy (non-hydrogen) atoms. The van der Waals surface area contributed by atoms with Gasteiger partial charge in [-0.2, -0.15) is 26.3 Å². The minimum atomic E-state index is -5.25. The summed E-state index contributed by atoms with van der Waals surface area (Å²) >= 11 is 2.76. The number of rotatable bonds is 1. The van der Waals surface area contributed by atoms with Gasteiger partial charge in [0.1, 0.15) is 0 Å². The van der Waals surface area contributed by atoms with Crippen LogP contribution in [0.2, 0.25) is 0 Å². The van der Waals surface area contributed by atoms with E-state index >= 15 is 0 Å². The molecule has 1 rings (SSSR count). The maximum Gasteiger partial charge on any atom is 0.471 e. The van der Waals surface area contributed by atoms with E-state index in [0.29, 0.717) is 6.07 Å². The highest BCUT2D eigenvalue weighted by molar-refractivity contribution is 9.10. The lowest BCUT2D eigenvalue weighted by Crippen LogP contribution is -2.30. The fourth-order valence-corrected chi connectivity index (χ4v) is 1.41. The minimum Gasteiger partial charge on any atom is -0.318 e. The van der Waals surface area contributed by atoms with Crippen LogP contribution in [0.15, 0.2) is 22.7 Å². The highest BCUT2D eigenvalue weighted by atomic mass is 79.9. The second kappa shape index (κ2) is 4.79. The number of carbonyl (C=O) groups is 1. The lowest BCUT2D eigenvalue weighted by atomic mass is 10.1. The fraction of sp³-hybridized carbons (Fsp3) is 0.222. The van der Waals surface area contributed by atoms with E-state index < -0.39 is 29.5 Å². The van der Waals surface area contributed by atoms with Gasteiger partial charge in [-0.3, -0.25) is 4.79 Å². The van der Waals surface area contributed by atoms with Crippen LogP contribution in [0.1, 0.15) is 5.56 Å². The van der Waals surface area contributed by atoms with Crippen LogP contribution in [0.3, 0.4) is 0 Å². The van der Waals surface area contributed by atoms with E-state index in [1.165, 1.54) is 5.32 Å². The summed E-state index contributed by atoms with van der Waals surface area (Å²) in [5.74, 6) is -2.46. The van der Waals surface area contributed by atoms with E-state index in [1.54, 1.807) is 0 Å². The molecule has 0 saturated carbocycles. The van der Waals surface area contributed by atoms with Crippen LogP contribution < -0.4 is 5.32 Å². The Morgan fingerprint density at radius 2 is 1.67 bits per heavy atom. The van der Waals surface area contributed by atoms with Crippen LogP contribution in [0.25, 0.3) is 0 Å². The van der Waals surface area contributed by atoms with Crippen molar-refractivity contribution in [2.45, 2.75) is 12.4 Å². The summed E-state index contributed by atoms with van der Waals surface area (Å²) in [6.45, 7) is 0. The van der Waals surface area contributed by atoms with Gasteiger partial charge in [-0.25, -0.2) is 0 Å².